The molecular formula is C22H25NO4. The molecule has 0 spiro atoms. The van der Waals surface area contributed by atoms with E-state index in [1.54, 1.807) is 13.4 Å². The van der Waals surface area contributed by atoms with Crippen LogP contribution in [0, 0.1) is 0 Å². The molecule has 3 aromatic rings. The van der Waals surface area contributed by atoms with E-state index >= 15 is 0 Å². The zero-order valence-electron chi connectivity index (χ0n) is 15.5. The lowest BCUT2D eigenvalue weighted by atomic mass is 10.2. The van der Waals surface area contributed by atoms with Crippen molar-refractivity contribution in [2.45, 2.75) is 19.2 Å². The van der Waals surface area contributed by atoms with E-state index in [0.717, 1.165) is 22.8 Å². The molecule has 5 nitrogen and oxygen atoms in total. The highest BCUT2D eigenvalue weighted by Crippen LogP contribution is 2.16. The molecule has 3 rings (SSSR count). The number of ether oxygens (including phenoxy) is 2. The van der Waals surface area contributed by atoms with Crippen molar-refractivity contribution in [3.63, 3.8) is 0 Å². The van der Waals surface area contributed by atoms with Crippen molar-refractivity contribution in [3.8, 4) is 11.5 Å². The van der Waals surface area contributed by atoms with Gasteiger partial charge in [-0.25, -0.2) is 0 Å². The Morgan fingerprint density at radius 2 is 1.70 bits per heavy atom. The maximum absolute atomic E-state index is 10.5. The van der Waals surface area contributed by atoms with Gasteiger partial charge in [0.05, 0.1) is 19.9 Å². The van der Waals surface area contributed by atoms with E-state index in [2.05, 4.69) is 4.90 Å². The molecule has 1 N–H and O–H groups in total. The van der Waals surface area contributed by atoms with Gasteiger partial charge in [-0.1, -0.05) is 30.3 Å². The van der Waals surface area contributed by atoms with Gasteiger partial charge in [-0.3, -0.25) is 4.90 Å². The monoisotopic (exact) mass is 367 g/mol. The number of furan rings is 1. The second-order valence-electron chi connectivity index (χ2n) is 6.37. The first-order chi connectivity index (χ1) is 13.2. The molecule has 0 aliphatic heterocycles. The molecule has 0 fully saturated rings. The van der Waals surface area contributed by atoms with Gasteiger partial charge >= 0.3 is 0 Å². The highest BCUT2D eigenvalue weighted by Gasteiger charge is 2.15. The summed E-state index contributed by atoms with van der Waals surface area (Å²) >= 11 is 0. The van der Waals surface area contributed by atoms with Gasteiger partial charge in [0.15, 0.2) is 0 Å². The van der Waals surface area contributed by atoms with Crippen LogP contribution < -0.4 is 9.47 Å². The van der Waals surface area contributed by atoms with Crippen molar-refractivity contribution in [3.05, 3.63) is 84.3 Å². The highest BCUT2D eigenvalue weighted by atomic mass is 16.5. The molecule has 27 heavy (non-hydrogen) atoms. The summed E-state index contributed by atoms with van der Waals surface area (Å²) in [7, 11) is 1.65. The van der Waals surface area contributed by atoms with Gasteiger partial charge in [0.2, 0.25) is 0 Å². The number of aliphatic hydroxyl groups is 1. The number of aliphatic hydroxyl groups excluding tert-OH is 1. The minimum Gasteiger partial charge on any atom is -0.497 e. The second kappa shape index (κ2) is 9.80. The fraction of sp³-hybridized carbons (Fsp3) is 0.273. The predicted octanol–water partition coefficient (Wildman–Crippen LogP) is 3.73. The SMILES string of the molecule is COc1ccc(CN(Cc2ccco2)C[C@@H](O)COc2ccccc2)cc1. The number of rotatable bonds is 10. The Balaban J connectivity index is 1.59. The molecule has 1 heterocycles. The van der Waals surface area contributed by atoms with Gasteiger partial charge in [-0.05, 0) is 42.0 Å². The molecule has 2 aromatic carbocycles. The lowest BCUT2D eigenvalue weighted by molar-refractivity contribution is 0.0604. The Labute approximate surface area is 159 Å². The van der Waals surface area contributed by atoms with Crippen molar-refractivity contribution >= 4 is 0 Å². The lowest BCUT2D eigenvalue weighted by Gasteiger charge is -2.24. The van der Waals surface area contributed by atoms with Crippen LogP contribution in [-0.2, 0) is 13.1 Å². The van der Waals surface area contributed by atoms with Crippen LogP contribution in [0.15, 0.2) is 77.4 Å². The number of hydrogen-bond donors (Lipinski definition) is 1. The van der Waals surface area contributed by atoms with Crippen LogP contribution in [0.5, 0.6) is 11.5 Å². The van der Waals surface area contributed by atoms with Gasteiger partial charge in [0, 0.05) is 13.1 Å². The zero-order chi connectivity index (χ0) is 18.9. The topological polar surface area (TPSA) is 55.1 Å². The van der Waals surface area contributed by atoms with E-state index in [4.69, 9.17) is 13.9 Å². The zero-order valence-corrected chi connectivity index (χ0v) is 15.5. The number of methoxy groups -OCH3 is 1. The lowest BCUT2D eigenvalue weighted by Crippen LogP contribution is -2.35. The van der Waals surface area contributed by atoms with Gasteiger partial charge in [-0.15, -0.1) is 0 Å². The van der Waals surface area contributed by atoms with E-state index in [0.29, 0.717) is 19.6 Å². The van der Waals surface area contributed by atoms with Crippen molar-refractivity contribution in [2.24, 2.45) is 0 Å². The summed E-state index contributed by atoms with van der Waals surface area (Å²) in [5.74, 6) is 2.44. The van der Waals surface area contributed by atoms with Crippen LogP contribution in [0.3, 0.4) is 0 Å². The fourth-order valence-corrected chi connectivity index (χ4v) is 2.86. The molecule has 1 atom stereocenters. The first kappa shape index (κ1) is 19.0. The molecule has 0 bridgehead atoms. The molecule has 0 amide bonds. The predicted molar refractivity (Wildman–Crippen MR) is 104 cm³/mol. The maximum Gasteiger partial charge on any atom is 0.119 e. The Kier molecular flexibility index (Phi) is 6.90. The molecule has 0 unspecified atom stereocenters. The van der Waals surface area contributed by atoms with Gasteiger partial charge in [0.1, 0.15) is 30.0 Å². The van der Waals surface area contributed by atoms with E-state index in [1.807, 2.05) is 66.7 Å². The number of hydrogen-bond acceptors (Lipinski definition) is 5. The Bertz CT molecular complexity index is 772. The summed E-state index contributed by atoms with van der Waals surface area (Å²) in [6.45, 7) is 2.01. The molecule has 0 radical (unpaired) electrons. The number of para-hydroxylation sites is 1. The summed E-state index contributed by atoms with van der Waals surface area (Å²) < 4.78 is 16.4. The third-order valence-electron chi connectivity index (χ3n) is 4.18. The van der Waals surface area contributed by atoms with E-state index < -0.39 is 6.10 Å². The quantitative estimate of drug-likeness (QED) is 0.592. The molecular weight excluding hydrogens is 342 g/mol. The third-order valence-corrected chi connectivity index (χ3v) is 4.18. The molecule has 142 valence electrons. The summed E-state index contributed by atoms with van der Waals surface area (Å²) in [6.07, 6.45) is 1.05. The first-order valence-corrected chi connectivity index (χ1v) is 8.96. The standard InChI is InChI=1S/C22H25NO4/c1-25-20-11-9-18(10-12-20)14-23(16-22-8-5-13-26-22)15-19(24)17-27-21-6-3-2-4-7-21/h2-13,19,24H,14-17H2,1H3/t19-/m1/s1. The Morgan fingerprint density at radius 1 is 0.926 bits per heavy atom. The smallest absolute Gasteiger partial charge is 0.119 e. The number of nitrogens with zero attached hydrogens (tertiary/aromatic N) is 1. The Morgan fingerprint density at radius 3 is 2.37 bits per heavy atom. The molecule has 0 aliphatic rings. The first-order valence-electron chi connectivity index (χ1n) is 8.96. The summed E-state index contributed by atoms with van der Waals surface area (Å²) in [5, 5.41) is 10.5. The van der Waals surface area contributed by atoms with Crippen molar-refractivity contribution in [2.75, 3.05) is 20.3 Å². The summed E-state index contributed by atoms with van der Waals surface area (Å²) in [6, 6.07) is 21.3. The average molecular weight is 367 g/mol. The minimum absolute atomic E-state index is 0.237. The van der Waals surface area contributed by atoms with Crippen LogP contribution in [-0.4, -0.2) is 36.4 Å². The molecule has 0 saturated carbocycles. The highest BCUT2D eigenvalue weighted by molar-refractivity contribution is 5.27. The van der Waals surface area contributed by atoms with Crippen LogP contribution in [0.2, 0.25) is 0 Å². The summed E-state index contributed by atoms with van der Waals surface area (Å²) in [4.78, 5) is 2.14. The van der Waals surface area contributed by atoms with Gasteiger partial charge in [-0.2, -0.15) is 0 Å². The van der Waals surface area contributed by atoms with Crippen molar-refractivity contribution in [1.82, 2.24) is 4.90 Å². The third kappa shape index (κ3) is 6.16. The Hall–Kier alpha value is -2.76. The number of benzene rings is 2. The fourth-order valence-electron chi connectivity index (χ4n) is 2.86. The molecule has 5 heteroatoms. The van der Waals surface area contributed by atoms with Crippen LogP contribution in [0.4, 0.5) is 0 Å². The largest absolute Gasteiger partial charge is 0.497 e. The van der Waals surface area contributed by atoms with Crippen LogP contribution in [0.1, 0.15) is 11.3 Å². The molecule has 1 aromatic heterocycles. The van der Waals surface area contributed by atoms with E-state index in [1.165, 1.54) is 0 Å². The normalized spacial score (nSPS) is 12.1. The van der Waals surface area contributed by atoms with Crippen LogP contribution in [0.25, 0.3) is 0 Å². The minimum atomic E-state index is -0.613. The van der Waals surface area contributed by atoms with Gasteiger partial charge in [0.25, 0.3) is 0 Å². The van der Waals surface area contributed by atoms with E-state index in [-0.39, 0.29) is 6.61 Å². The van der Waals surface area contributed by atoms with Crippen LogP contribution >= 0.6 is 0 Å². The van der Waals surface area contributed by atoms with Gasteiger partial charge < -0.3 is 19.0 Å². The molecule has 0 aliphatic carbocycles. The van der Waals surface area contributed by atoms with E-state index in [9.17, 15) is 5.11 Å². The molecule has 0 saturated heterocycles. The maximum atomic E-state index is 10.5. The van der Waals surface area contributed by atoms with Crippen molar-refractivity contribution in [1.29, 1.82) is 0 Å². The second-order valence-corrected chi connectivity index (χ2v) is 6.37. The average Bonchev–Trinajstić information content (AvgIpc) is 3.21. The van der Waals surface area contributed by atoms with Crippen molar-refractivity contribution < 1.29 is 19.0 Å². The summed E-state index contributed by atoms with van der Waals surface area (Å²) in [5.41, 5.74) is 1.14.